The maximum Gasteiger partial charge on any atom is 0.433 e. The van der Waals surface area contributed by atoms with Crippen molar-refractivity contribution in [2.24, 2.45) is 5.92 Å². The van der Waals surface area contributed by atoms with Gasteiger partial charge in [0.15, 0.2) is 5.69 Å². The van der Waals surface area contributed by atoms with Crippen LogP contribution in [-0.4, -0.2) is 23.1 Å². The Balaban J connectivity index is 2.02. The van der Waals surface area contributed by atoms with E-state index in [9.17, 15) is 13.2 Å². The molecule has 0 N–H and O–H groups in total. The Morgan fingerprint density at radius 3 is 2.29 bits per heavy atom. The van der Waals surface area contributed by atoms with E-state index in [-0.39, 0.29) is 11.6 Å². The van der Waals surface area contributed by atoms with Gasteiger partial charge in [-0.15, -0.1) is 0 Å². The van der Waals surface area contributed by atoms with Gasteiger partial charge in [0, 0.05) is 23.7 Å². The molecular formula is C17H17ClF3N3. The molecule has 3 nitrogen and oxygen atoms in total. The van der Waals surface area contributed by atoms with Gasteiger partial charge >= 0.3 is 6.18 Å². The van der Waals surface area contributed by atoms with Crippen LogP contribution >= 0.6 is 11.6 Å². The van der Waals surface area contributed by atoms with Crippen molar-refractivity contribution in [3.63, 3.8) is 0 Å². The first-order valence-electron chi connectivity index (χ1n) is 7.80. The third kappa shape index (κ3) is 3.80. The second-order valence-corrected chi connectivity index (χ2v) is 6.55. The van der Waals surface area contributed by atoms with E-state index < -0.39 is 11.9 Å². The average Bonchev–Trinajstić information content (AvgIpc) is 2.55. The Morgan fingerprint density at radius 1 is 1.08 bits per heavy atom. The van der Waals surface area contributed by atoms with Crippen molar-refractivity contribution in [1.82, 2.24) is 9.97 Å². The first-order chi connectivity index (χ1) is 11.3. The minimum atomic E-state index is -4.51. The number of hydrogen-bond acceptors (Lipinski definition) is 3. The number of benzene rings is 1. The second-order valence-electron chi connectivity index (χ2n) is 6.11. The van der Waals surface area contributed by atoms with Gasteiger partial charge in [0.25, 0.3) is 0 Å². The van der Waals surface area contributed by atoms with Crippen molar-refractivity contribution in [1.29, 1.82) is 0 Å². The molecule has 0 unspecified atom stereocenters. The Labute approximate surface area is 143 Å². The number of nitrogens with zero attached hydrogens (tertiary/aromatic N) is 3. The van der Waals surface area contributed by atoms with Crippen molar-refractivity contribution in [2.45, 2.75) is 25.9 Å². The number of aromatic nitrogens is 2. The number of hydrogen-bond donors (Lipinski definition) is 0. The Hall–Kier alpha value is -1.82. The van der Waals surface area contributed by atoms with Crippen LogP contribution in [0.15, 0.2) is 30.3 Å². The number of rotatable bonds is 2. The number of piperidine rings is 1. The number of anilines is 1. The zero-order chi connectivity index (χ0) is 17.3. The minimum Gasteiger partial charge on any atom is -0.341 e. The first kappa shape index (κ1) is 17.0. The predicted octanol–water partition coefficient (Wildman–Crippen LogP) is 5.05. The maximum atomic E-state index is 13.2. The molecule has 2 aromatic rings. The van der Waals surface area contributed by atoms with E-state index in [0.29, 0.717) is 29.6 Å². The second kappa shape index (κ2) is 6.59. The molecule has 0 atom stereocenters. The highest BCUT2D eigenvalue weighted by Crippen LogP contribution is 2.32. The lowest BCUT2D eigenvalue weighted by Crippen LogP contribution is -2.34. The van der Waals surface area contributed by atoms with Gasteiger partial charge in [0.2, 0.25) is 5.95 Å². The standard InChI is InChI=1S/C17H17ClF3N3/c1-11-6-8-24(9-7-11)16-22-14(10-15(23-16)17(19,20)21)12-2-4-13(18)5-3-12/h2-5,10-11H,6-9H2,1H3. The molecular weight excluding hydrogens is 339 g/mol. The summed E-state index contributed by atoms with van der Waals surface area (Å²) in [5.41, 5.74) is -0.0855. The van der Waals surface area contributed by atoms with Crippen molar-refractivity contribution in [2.75, 3.05) is 18.0 Å². The summed E-state index contributed by atoms with van der Waals surface area (Å²) in [6.07, 6.45) is -2.66. The van der Waals surface area contributed by atoms with Gasteiger partial charge in [-0.3, -0.25) is 0 Å². The third-order valence-electron chi connectivity index (χ3n) is 4.21. The fourth-order valence-corrected chi connectivity index (χ4v) is 2.82. The normalized spacial score (nSPS) is 16.5. The van der Waals surface area contributed by atoms with E-state index in [0.717, 1.165) is 18.9 Å². The van der Waals surface area contributed by atoms with Crippen molar-refractivity contribution >= 4 is 17.5 Å². The zero-order valence-corrected chi connectivity index (χ0v) is 13.9. The van der Waals surface area contributed by atoms with E-state index in [4.69, 9.17) is 11.6 Å². The SMILES string of the molecule is CC1CCN(c2nc(-c3ccc(Cl)cc3)cc(C(F)(F)F)n2)CC1. The molecule has 0 saturated carbocycles. The largest absolute Gasteiger partial charge is 0.433 e. The lowest BCUT2D eigenvalue weighted by molar-refractivity contribution is -0.141. The predicted molar refractivity (Wildman–Crippen MR) is 88.1 cm³/mol. The Morgan fingerprint density at radius 2 is 1.71 bits per heavy atom. The molecule has 1 aliphatic heterocycles. The molecule has 1 aromatic heterocycles. The molecule has 0 radical (unpaired) electrons. The van der Waals surface area contributed by atoms with Gasteiger partial charge in [0.1, 0.15) is 0 Å². The summed E-state index contributed by atoms with van der Waals surface area (Å²) in [5.74, 6) is 0.712. The molecule has 1 aromatic carbocycles. The summed E-state index contributed by atoms with van der Waals surface area (Å²) >= 11 is 5.85. The van der Waals surface area contributed by atoms with Crippen LogP contribution in [0, 0.1) is 5.92 Å². The van der Waals surface area contributed by atoms with Gasteiger partial charge in [-0.05, 0) is 37.0 Å². The van der Waals surface area contributed by atoms with Gasteiger partial charge in [-0.2, -0.15) is 13.2 Å². The van der Waals surface area contributed by atoms with Crippen LogP contribution in [0.25, 0.3) is 11.3 Å². The Bertz CT molecular complexity index is 708. The van der Waals surface area contributed by atoms with Crippen LogP contribution < -0.4 is 4.90 Å². The fraction of sp³-hybridized carbons (Fsp3) is 0.412. The molecule has 1 aliphatic rings. The van der Waals surface area contributed by atoms with Crippen molar-refractivity contribution < 1.29 is 13.2 Å². The first-order valence-corrected chi connectivity index (χ1v) is 8.18. The highest BCUT2D eigenvalue weighted by atomic mass is 35.5. The maximum absolute atomic E-state index is 13.2. The van der Waals surface area contributed by atoms with Crippen LogP contribution in [0.3, 0.4) is 0 Å². The van der Waals surface area contributed by atoms with E-state index in [1.807, 2.05) is 4.90 Å². The number of halogens is 4. The van der Waals surface area contributed by atoms with Crippen molar-refractivity contribution in [3.8, 4) is 11.3 Å². The molecule has 3 rings (SSSR count). The molecule has 128 valence electrons. The lowest BCUT2D eigenvalue weighted by Gasteiger charge is -2.30. The molecule has 0 amide bonds. The van der Waals surface area contributed by atoms with E-state index in [1.54, 1.807) is 24.3 Å². The van der Waals surface area contributed by atoms with Crippen LogP contribution in [0.1, 0.15) is 25.5 Å². The quantitative estimate of drug-likeness (QED) is 0.754. The minimum absolute atomic E-state index is 0.140. The molecule has 0 spiro atoms. The zero-order valence-electron chi connectivity index (χ0n) is 13.1. The summed E-state index contributed by atoms with van der Waals surface area (Å²) < 4.78 is 39.7. The molecule has 0 aliphatic carbocycles. The van der Waals surface area contributed by atoms with Gasteiger partial charge < -0.3 is 4.90 Å². The lowest BCUT2D eigenvalue weighted by atomic mass is 10.00. The molecule has 2 heterocycles. The van der Waals surface area contributed by atoms with E-state index >= 15 is 0 Å². The topological polar surface area (TPSA) is 29.0 Å². The molecule has 24 heavy (non-hydrogen) atoms. The highest BCUT2D eigenvalue weighted by Gasteiger charge is 2.34. The average molecular weight is 356 g/mol. The summed E-state index contributed by atoms with van der Waals surface area (Å²) in [7, 11) is 0. The smallest absolute Gasteiger partial charge is 0.341 e. The molecule has 1 fully saturated rings. The van der Waals surface area contributed by atoms with Crippen LogP contribution in [0.2, 0.25) is 5.02 Å². The van der Waals surface area contributed by atoms with Crippen LogP contribution in [-0.2, 0) is 6.18 Å². The van der Waals surface area contributed by atoms with E-state index in [1.165, 1.54) is 0 Å². The molecule has 0 bridgehead atoms. The molecule has 7 heteroatoms. The van der Waals surface area contributed by atoms with Gasteiger partial charge in [-0.25, -0.2) is 9.97 Å². The van der Waals surface area contributed by atoms with Gasteiger partial charge in [-0.1, -0.05) is 30.7 Å². The summed E-state index contributed by atoms with van der Waals surface area (Å²) in [4.78, 5) is 9.96. The van der Waals surface area contributed by atoms with Crippen LogP contribution in [0.5, 0.6) is 0 Å². The summed E-state index contributed by atoms with van der Waals surface area (Å²) in [6, 6.07) is 7.57. The summed E-state index contributed by atoms with van der Waals surface area (Å²) in [6.45, 7) is 3.48. The molecule has 1 saturated heterocycles. The number of alkyl halides is 3. The van der Waals surface area contributed by atoms with Crippen molar-refractivity contribution in [3.05, 3.63) is 41.0 Å². The monoisotopic (exact) mass is 355 g/mol. The Kier molecular flexibility index (Phi) is 4.67. The summed E-state index contributed by atoms with van der Waals surface area (Å²) in [5, 5.41) is 0.522. The fourth-order valence-electron chi connectivity index (χ4n) is 2.70. The third-order valence-corrected chi connectivity index (χ3v) is 4.46. The highest BCUT2D eigenvalue weighted by molar-refractivity contribution is 6.30. The van der Waals surface area contributed by atoms with E-state index in [2.05, 4.69) is 16.9 Å². The van der Waals surface area contributed by atoms with Crippen LogP contribution in [0.4, 0.5) is 19.1 Å². The van der Waals surface area contributed by atoms with Gasteiger partial charge in [0.05, 0.1) is 5.69 Å².